The summed E-state index contributed by atoms with van der Waals surface area (Å²) < 4.78 is 0. The SMILES string of the molecule is Cc1ccc2[nH]c3c(c2c1)CCN(C(=O)NC1CC(C)(C)CC(C)(CN=C=O)C1)CC3. The number of isocyanates is 1. The van der Waals surface area contributed by atoms with Crippen molar-refractivity contribution >= 4 is 23.0 Å². The van der Waals surface area contributed by atoms with Crippen LogP contribution in [0.15, 0.2) is 23.2 Å². The number of carbonyl (C=O) groups excluding carboxylic acids is 2. The minimum absolute atomic E-state index is 0.0228. The van der Waals surface area contributed by atoms with E-state index in [-0.39, 0.29) is 22.9 Å². The molecule has 1 aliphatic carbocycles. The maximum absolute atomic E-state index is 13.2. The number of benzene rings is 1. The van der Waals surface area contributed by atoms with Crippen LogP contribution in [0.2, 0.25) is 0 Å². The molecule has 2 aromatic rings. The average molecular weight is 423 g/mol. The number of rotatable bonds is 3. The van der Waals surface area contributed by atoms with Crippen molar-refractivity contribution in [3.8, 4) is 0 Å². The second-order valence-corrected chi connectivity index (χ2v) is 10.7. The number of carbonyl (C=O) groups is 1. The fourth-order valence-corrected chi connectivity index (χ4v) is 6.07. The average Bonchev–Trinajstić information content (AvgIpc) is 2.87. The number of hydrogen-bond acceptors (Lipinski definition) is 3. The molecule has 2 heterocycles. The summed E-state index contributed by atoms with van der Waals surface area (Å²) >= 11 is 0. The first-order valence-electron chi connectivity index (χ1n) is 11.4. The van der Waals surface area contributed by atoms with Gasteiger partial charge in [-0.3, -0.25) is 0 Å². The van der Waals surface area contributed by atoms with Crippen LogP contribution in [0.3, 0.4) is 0 Å². The molecule has 0 bridgehead atoms. The minimum atomic E-state index is -0.0931. The van der Waals surface area contributed by atoms with Gasteiger partial charge in [-0.15, -0.1) is 0 Å². The fourth-order valence-electron chi connectivity index (χ4n) is 6.07. The van der Waals surface area contributed by atoms with Gasteiger partial charge in [-0.1, -0.05) is 32.4 Å². The maximum Gasteiger partial charge on any atom is 0.317 e. The molecule has 1 fully saturated rings. The first-order chi connectivity index (χ1) is 14.7. The summed E-state index contributed by atoms with van der Waals surface area (Å²) in [5.41, 5.74) is 5.06. The molecule has 2 amide bonds. The fraction of sp³-hybridized carbons (Fsp3) is 0.600. The van der Waals surface area contributed by atoms with Gasteiger partial charge >= 0.3 is 6.03 Å². The molecule has 2 atom stereocenters. The lowest BCUT2D eigenvalue weighted by molar-refractivity contribution is 0.0779. The number of hydrogen-bond donors (Lipinski definition) is 2. The van der Waals surface area contributed by atoms with E-state index in [2.05, 4.69) is 61.2 Å². The van der Waals surface area contributed by atoms with Crippen LogP contribution in [-0.2, 0) is 17.6 Å². The number of fused-ring (bicyclic) bond motifs is 3. The Morgan fingerprint density at radius 2 is 2.03 bits per heavy atom. The Labute approximate surface area is 184 Å². The third-order valence-electron chi connectivity index (χ3n) is 7.00. The second kappa shape index (κ2) is 8.16. The van der Waals surface area contributed by atoms with Crippen molar-refractivity contribution in [1.82, 2.24) is 15.2 Å². The van der Waals surface area contributed by atoms with Gasteiger partial charge in [-0.25, -0.2) is 14.6 Å². The summed E-state index contributed by atoms with van der Waals surface area (Å²) in [5.74, 6) is 0. The number of nitrogens with zero attached hydrogens (tertiary/aromatic N) is 2. The van der Waals surface area contributed by atoms with Crippen molar-refractivity contribution in [3.05, 3.63) is 35.0 Å². The number of aromatic nitrogens is 1. The monoisotopic (exact) mass is 422 g/mol. The van der Waals surface area contributed by atoms with Gasteiger partial charge in [0.15, 0.2) is 0 Å². The number of urea groups is 1. The number of aliphatic imine (C=N–C) groups is 1. The normalized spacial score (nSPS) is 25.4. The summed E-state index contributed by atoms with van der Waals surface area (Å²) in [6.07, 6.45) is 6.16. The molecule has 0 saturated heterocycles. The van der Waals surface area contributed by atoms with Gasteiger partial charge < -0.3 is 15.2 Å². The zero-order chi connectivity index (χ0) is 22.2. The van der Waals surface area contributed by atoms with Gasteiger partial charge in [0.1, 0.15) is 0 Å². The summed E-state index contributed by atoms with van der Waals surface area (Å²) in [5, 5.41) is 4.60. The number of amides is 2. The van der Waals surface area contributed by atoms with E-state index in [0.717, 1.165) is 38.6 Å². The Morgan fingerprint density at radius 3 is 2.81 bits per heavy atom. The van der Waals surface area contributed by atoms with Crippen LogP contribution >= 0.6 is 0 Å². The summed E-state index contributed by atoms with van der Waals surface area (Å²) in [4.78, 5) is 33.2. The van der Waals surface area contributed by atoms with Gasteiger partial charge in [0.2, 0.25) is 6.08 Å². The van der Waals surface area contributed by atoms with E-state index in [0.29, 0.717) is 13.1 Å². The predicted octanol–water partition coefficient (Wildman–Crippen LogP) is 4.51. The van der Waals surface area contributed by atoms with E-state index in [1.54, 1.807) is 6.08 Å². The Morgan fingerprint density at radius 1 is 1.26 bits per heavy atom. The molecule has 1 aromatic heterocycles. The molecule has 4 rings (SSSR count). The van der Waals surface area contributed by atoms with Gasteiger partial charge in [0.05, 0.1) is 6.54 Å². The van der Waals surface area contributed by atoms with E-state index in [9.17, 15) is 9.59 Å². The standard InChI is InChI=1S/C25H34N4O2/c1-17-5-6-21-20(11-17)19-7-9-29(10-8-22(19)28-21)23(31)27-18-12-24(2,3)14-25(4,13-18)15-26-16-30/h5-6,11,18,28H,7-10,12-15H2,1-4H3,(H,27,31). The molecule has 2 aliphatic rings. The summed E-state index contributed by atoms with van der Waals surface area (Å²) in [6, 6.07) is 6.65. The molecule has 166 valence electrons. The lowest BCUT2D eigenvalue weighted by Gasteiger charge is -2.46. The highest BCUT2D eigenvalue weighted by Crippen LogP contribution is 2.46. The van der Waals surface area contributed by atoms with E-state index < -0.39 is 0 Å². The maximum atomic E-state index is 13.2. The van der Waals surface area contributed by atoms with Crippen molar-refractivity contribution in [1.29, 1.82) is 0 Å². The number of aryl methyl sites for hydroxylation is 1. The lowest BCUT2D eigenvalue weighted by Crippen LogP contribution is -2.51. The van der Waals surface area contributed by atoms with Crippen LogP contribution in [0.5, 0.6) is 0 Å². The summed E-state index contributed by atoms with van der Waals surface area (Å²) in [6.45, 7) is 10.7. The van der Waals surface area contributed by atoms with E-state index in [4.69, 9.17) is 0 Å². The second-order valence-electron chi connectivity index (χ2n) is 10.7. The van der Waals surface area contributed by atoms with Crippen LogP contribution in [0, 0.1) is 17.8 Å². The largest absolute Gasteiger partial charge is 0.358 e. The predicted molar refractivity (Wildman–Crippen MR) is 123 cm³/mol. The molecule has 0 spiro atoms. The molecule has 6 heteroatoms. The molecule has 2 unspecified atom stereocenters. The topological polar surface area (TPSA) is 77.6 Å². The molecular weight excluding hydrogens is 388 g/mol. The van der Waals surface area contributed by atoms with Crippen molar-refractivity contribution in [2.75, 3.05) is 19.6 Å². The Bertz CT molecular complexity index is 1030. The zero-order valence-electron chi connectivity index (χ0n) is 19.2. The van der Waals surface area contributed by atoms with E-state index >= 15 is 0 Å². The molecule has 31 heavy (non-hydrogen) atoms. The molecule has 1 aromatic carbocycles. The van der Waals surface area contributed by atoms with Crippen LogP contribution in [0.1, 0.15) is 56.9 Å². The van der Waals surface area contributed by atoms with Gasteiger partial charge in [-0.05, 0) is 61.1 Å². The zero-order valence-corrected chi connectivity index (χ0v) is 19.2. The Balaban J connectivity index is 1.44. The molecule has 1 saturated carbocycles. The van der Waals surface area contributed by atoms with Gasteiger partial charge in [0, 0.05) is 42.1 Å². The number of aromatic amines is 1. The number of nitrogens with one attached hydrogen (secondary N) is 2. The highest BCUT2D eigenvalue weighted by atomic mass is 16.2. The molecular formula is C25H34N4O2. The summed E-state index contributed by atoms with van der Waals surface area (Å²) in [7, 11) is 0. The first kappa shape index (κ1) is 21.6. The number of H-pyrrole nitrogens is 1. The van der Waals surface area contributed by atoms with E-state index in [1.165, 1.54) is 27.7 Å². The van der Waals surface area contributed by atoms with Crippen molar-refractivity contribution in [2.45, 2.75) is 65.8 Å². The molecule has 1 aliphatic heterocycles. The van der Waals surface area contributed by atoms with Crippen molar-refractivity contribution < 1.29 is 9.59 Å². The lowest BCUT2D eigenvalue weighted by atomic mass is 9.62. The van der Waals surface area contributed by atoms with Crippen molar-refractivity contribution in [2.24, 2.45) is 15.8 Å². The Hall–Kier alpha value is -2.59. The van der Waals surface area contributed by atoms with Gasteiger partial charge in [-0.2, -0.15) is 0 Å². The third-order valence-corrected chi connectivity index (χ3v) is 7.00. The van der Waals surface area contributed by atoms with Gasteiger partial charge in [0.25, 0.3) is 0 Å². The molecule has 6 nitrogen and oxygen atoms in total. The van der Waals surface area contributed by atoms with Crippen LogP contribution < -0.4 is 5.32 Å². The third kappa shape index (κ3) is 4.69. The van der Waals surface area contributed by atoms with Crippen LogP contribution in [0.25, 0.3) is 10.9 Å². The molecule has 0 radical (unpaired) electrons. The highest BCUT2D eigenvalue weighted by molar-refractivity contribution is 5.85. The quantitative estimate of drug-likeness (QED) is 0.564. The van der Waals surface area contributed by atoms with Crippen LogP contribution in [0.4, 0.5) is 4.79 Å². The first-order valence-corrected chi connectivity index (χ1v) is 11.4. The highest BCUT2D eigenvalue weighted by Gasteiger charge is 2.42. The molecule has 2 N–H and O–H groups in total. The smallest absolute Gasteiger partial charge is 0.317 e. The van der Waals surface area contributed by atoms with E-state index in [1.807, 2.05) is 4.90 Å². The van der Waals surface area contributed by atoms with Crippen molar-refractivity contribution in [3.63, 3.8) is 0 Å². The Kier molecular flexibility index (Phi) is 5.69. The van der Waals surface area contributed by atoms with Crippen LogP contribution in [-0.4, -0.2) is 47.7 Å². The minimum Gasteiger partial charge on any atom is -0.358 e.